The van der Waals surface area contributed by atoms with Gasteiger partial charge in [-0.3, -0.25) is 0 Å². The first kappa shape index (κ1) is 10.8. The van der Waals surface area contributed by atoms with Crippen molar-refractivity contribution in [3.8, 4) is 0 Å². The molecule has 3 heteroatoms. The number of benzene rings is 1. The van der Waals surface area contributed by atoms with Crippen LogP contribution in [0.1, 0.15) is 19.4 Å². The van der Waals surface area contributed by atoms with Gasteiger partial charge in [0.15, 0.2) is 0 Å². The molecule has 0 radical (unpaired) electrons. The number of hydrogen-bond acceptors (Lipinski definition) is 3. The maximum atomic E-state index is 5.74. The minimum atomic E-state index is 0.309. The second kappa shape index (κ2) is 4.15. The fourth-order valence-electron chi connectivity index (χ4n) is 2.02. The van der Waals surface area contributed by atoms with Crippen molar-refractivity contribution in [3.63, 3.8) is 0 Å². The Morgan fingerprint density at radius 2 is 2.18 bits per heavy atom. The summed E-state index contributed by atoms with van der Waals surface area (Å²) in [7, 11) is 0. The molecule has 2 nitrogen and oxygen atoms in total. The summed E-state index contributed by atoms with van der Waals surface area (Å²) in [5.41, 5.74) is 1.15. The zero-order valence-electron chi connectivity index (χ0n) is 10.0. The molecular weight excluding hydrogens is 230 g/mol. The Hall–Kier alpha value is -1.35. The quantitative estimate of drug-likeness (QED) is 0.790. The number of nitrogens with zero attached hydrogens (tertiary/aromatic N) is 1. The lowest BCUT2D eigenvalue weighted by atomic mass is 10.1. The van der Waals surface area contributed by atoms with Gasteiger partial charge in [-0.15, -0.1) is 11.3 Å². The van der Waals surface area contributed by atoms with Crippen LogP contribution in [0.4, 0.5) is 0 Å². The molecule has 2 heterocycles. The number of ether oxygens (including phenoxy) is 1. The normalized spacial score (nSPS) is 19.7. The maximum absolute atomic E-state index is 5.74. The summed E-state index contributed by atoms with van der Waals surface area (Å²) >= 11 is 1.75. The van der Waals surface area contributed by atoms with Gasteiger partial charge in [0.25, 0.3) is 0 Å². The van der Waals surface area contributed by atoms with Crippen molar-refractivity contribution in [3.05, 3.63) is 35.2 Å². The highest BCUT2D eigenvalue weighted by molar-refractivity contribution is 7.17. The Morgan fingerprint density at radius 1 is 1.35 bits per heavy atom. The Morgan fingerprint density at radius 3 is 2.94 bits per heavy atom. The van der Waals surface area contributed by atoms with Crippen LogP contribution in [0.15, 0.2) is 34.6 Å². The van der Waals surface area contributed by atoms with Crippen LogP contribution in [0.3, 0.4) is 0 Å². The number of hydrogen-bond donors (Lipinski definition) is 0. The molecule has 1 aromatic carbocycles. The van der Waals surface area contributed by atoms with Gasteiger partial charge in [-0.05, 0) is 12.0 Å². The van der Waals surface area contributed by atoms with Gasteiger partial charge in [0.05, 0.1) is 11.6 Å². The van der Waals surface area contributed by atoms with Crippen LogP contribution in [-0.4, -0.2) is 18.5 Å². The van der Waals surface area contributed by atoms with Crippen LogP contribution in [0, 0.1) is 5.92 Å². The van der Waals surface area contributed by atoms with Gasteiger partial charge >= 0.3 is 0 Å². The second-order valence-electron chi connectivity index (χ2n) is 4.70. The molecule has 0 bridgehead atoms. The first-order valence-electron chi connectivity index (χ1n) is 5.93. The SMILES string of the molecule is CC(C)[C@@H]1COC(c2csc3ccccc23)=N1. The van der Waals surface area contributed by atoms with Gasteiger partial charge in [0.1, 0.15) is 6.61 Å². The van der Waals surface area contributed by atoms with E-state index in [-0.39, 0.29) is 0 Å². The van der Waals surface area contributed by atoms with E-state index in [4.69, 9.17) is 4.74 Å². The molecule has 1 aliphatic rings. The lowest BCUT2D eigenvalue weighted by molar-refractivity contribution is 0.292. The molecule has 17 heavy (non-hydrogen) atoms. The number of fused-ring (bicyclic) bond motifs is 1. The fourth-order valence-corrected chi connectivity index (χ4v) is 2.96. The lowest BCUT2D eigenvalue weighted by Crippen LogP contribution is -2.13. The van der Waals surface area contributed by atoms with E-state index in [9.17, 15) is 0 Å². The predicted molar refractivity (Wildman–Crippen MR) is 72.9 cm³/mol. The molecule has 3 rings (SSSR count). The zero-order valence-corrected chi connectivity index (χ0v) is 10.8. The van der Waals surface area contributed by atoms with Gasteiger partial charge in [-0.1, -0.05) is 32.0 Å². The topological polar surface area (TPSA) is 21.6 Å². The largest absolute Gasteiger partial charge is 0.475 e. The summed E-state index contributed by atoms with van der Waals surface area (Å²) in [6.45, 7) is 5.09. The summed E-state index contributed by atoms with van der Waals surface area (Å²) in [6, 6.07) is 8.71. The van der Waals surface area contributed by atoms with Crippen LogP contribution in [0.2, 0.25) is 0 Å². The first-order chi connectivity index (χ1) is 8.25. The summed E-state index contributed by atoms with van der Waals surface area (Å²) in [4.78, 5) is 4.68. The highest BCUT2D eigenvalue weighted by Gasteiger charge is 2.24. The van der Waals surface area contributed by atoms with Crippen LogP contribution >= 0.6 is 11.3 Å². The summed E-state index contributed by atoms with van der Waals surface area (Å²) < 4.78 is 7.03. The molecule has 1 aromatic heterocycles. The average molecular weight is 245 g/mol. The van der Waals surface area contributed by atoms with Gasteiger partial charge in [-0.25, -0.2) is 4.99 Å². The average Bonchev–Trinajstić information content (AvgIpc) is 2.95. The number of rotatable bonds is 2. The minimum absolute atomic E-state index is 0.309. The fraction of sp³-hybridized carbons (Fsp3) is 0.357. The molecule has 0 spiro atoms. The molecular formula is C14H15NOS. The van der Waals surface area contributed by atoms with Crippen LogP contribution in [-0.2, 0) is 4.74 Å². The van der Waals surface area contributed by atoms with Crippen molar-refractivity contribution in [2.24, 2.45) is 10.9 Å². The van der Waals surface area contributed by atoms with E-state index in [1.165, 1.54) is 10.1 Å². The zero-order chi connectivity index (χ0) is 11.8. The molecule has 1 aliphatic heterocycles. The van der Waals surface area contributed by atoms with E-state index in [2.05, 4.69) is 48.5 Å². The van der Waals surface area contributed by atoms with E-state index >= 15 is 0 Å². The third-order valence-corrected chi connectivity index (χ3v) is 4.12. The van der Waals surface area contributed by atoms with Gasteiger partial charge in [0, 0.05) is 15.5 Å². The Labute approximate surface area is 105 Å². The molecule has 0 aliphatic carbocycles. The van der Waals surface area contributed by atoms with Crippen molar-refractivity contribution >= 4 is 27.3 Å². The molecule has 0 N–H and O–H groups in total. The Balaban J connectivity index is 2.03. The number of thiophene rings is 1. The monoisotopic (exact) mass is 245 g/mol. The van der Waals surface area contributed by atoms with Crippen LogP contribution in [0.5, 0.6) is 0 Å². The maximum Gasteiger partial charge on any atom is 0.218 e. The smallest absolute Gasteiger partial charge is 0.218 e. The Bertz CT molecular complexity index is 570. The molecule has 88 valence electrons. The van der Waals surface area contributed by atoms with E-state index < -0.39 is 0 Å². The van der Waals surface area contributed by atoms with E-state index in [1.807, 2.05) is 0 Å². The van der Waals surface area contributed by atoms with Gasteiger partial charge < -0.3 is 4.74 Å². The summed E-state index contributed by atoms with van der Waals surface area (Å²) in [6.07, 6.45) is 0. The predicted octanol–water partition coefficient (Wildman–Crippen LogP) is 3.70. The van der Waals surface area contributed by atoms with E-state index in [0.29, 0.717) is 12.0 Å². The third kappa shape index (κ3) is 1.84. The molecule has 0 saturated carbocycles. The lowest BCUT2D eigenvalue weighted by Gasteiger charge is -2.06. The molecule has 0 amide bonds. The summed E-state index contributed by atoms with van der Waals surface area (Å²) in [5.74, 6) is 1.36. The second-order valence-corrected chi connectivity index (χ2v) is 5.61. The standard InChI is InChI=1S/C14H15NOS/c1-9(2)12-7-16-14(15-12)11-8-17-13-6-4-3-5-10(11)13/h3-6,8-9,12H,7H2,1-2H3/t12-/m0/s1. The third-order valence-electron chi connectivity index (χ3n) is 3.15. The highest BCUT2D eigenvalue weighted by atomic mass is 32.1. The van der Waals surface area contributed by atoms with Crippen molar-refractivity contribution in [2.45, 2.75) is 19.9 Å². The van der Waals surface area contributed by atoms with Crippen molar-refractivity contribution in [2.75, 3.05) is 6.61 Å². The first-order valence-corrected chi connectivity index (χ1v) is 6.81. The number of aliphatic imine (C=N–C) groups is 1. The van der Waals surface area contributed by atoms with Crippen LogP contribution < -0.4 is 0 Å². The molecule has 2 aromatic rings. The van der Waals surface area contributed by atoms with E-state index in [1.54, 1.807) is 11.3 Å². The molecule has 0 unspecified atom stereocenters. The molecule has 0 fully saturated rings. The minimum Gasteiger partial charge on any atom is -0.475 e. The molecule has 0 saturated heterocycles. The van der Waals surface area contributed by atoms with Gasteiger partial charge in [0.2, 0.25) is 5.90 Å². The van der Waals surface area contributed by atoms with Crippen molar-refractivity contribution in [1.29, 1.82) is 0 Å². The summed E-state index contributed by atoms with van der Waals surface area (Å²) in [5, 5.41) is 3.40. The molecule has 1 atom stereocenters. The van der Waals surface area contributed by atoms with Crippen molar-refractivity contribution in [1.82, 2.24) is 0 Å². The Kier molecular flexibility index (Phi) is 2.63. The van der Waals surface area contributed by atoms with Gasteiger partial charge in [-0.2, -0.15) is 0 Å². The van der Waals surface area contributed by atoms with Crippen LogP contribution in [0.25, 0.3) is 10.1 Å². The van der Waals surface area contributed by atoms with E-state index in [0.717, 1.165) is 18.1 Å². The highest BCUT2D eigenvalue weighted by Crippen LogP contribution is 2.28. The van der Waals surface area contributed by atoms with Crippen molar-refractivity contribution < 1.29 is 4.74 Å².